The Balaban J connectivity index is 2.10. The summed E-state index contributed by atoms with van der Waals surface area (Å²) in [5, 5.41) is 11.6. The van der Waals surface area contributed by atoms with Gasteiger partial charge in [0.1, 0.15) is 30.3 Å². The standard InChI is InChI=1S/C20H21FN6O7/c1-10(28)31-9-16-18(32-11(2)29)17(19(33-12(3)30)20(34-16)24-25-22)27-8-15(23-26-27)13-5-4-6-14(21)7-13/h4-8,16-20H,9H2,1-3H3/t16-,17+,18+,19-,20-/m1/s1. The molecule has 1 aliphatic heterocycles. The molecule has 34 heavy (non-hydrogen) atoms. The molecular weight excluding hydrogens is 455 g/mol. The summed E-state index contributed by atoms with van der Waals surface area (Å²) < 4.78 is 36.5. The molecule has 0 saturated carbocycles. The third kappa shape index (κ3) is 5.85. The van der Waals surface area contributed by atoms with E-state index in [1.165, 1.54) is 36.0 Å². The fourth-order valence-electron chi connectivity index (χ4n) is 3.55. The third-order valence-electron chi connectivity index (χ3n) is 4.79. The average molecular weight is 476 g/mol. The van der Waals surface area contributed by atoms with Gasteiger partial charge in [0.2, 0.25) is 0 Å². The minimum Gasteiger partial charge on any atom is -0.463 e. The molecule has 1 aromatic carbocycles. The summed E-state index contributed by atoms with van der Waals surface area (Å²) in [5.41, 5.74) is 9.70. The number of carbonyl (C=O) groups is 3. The van der Waals surface area contributed by atoms with Crippen molar-refractivity contribution < 1.29 is 37.7 Å². The van der Waals surface area contributed by atoms with Crippen LogP contribution in [0, 0.1) is 5.82 Å². The first-order valence-electron chi connectivity index (χ1n) is 10.0. The largest absolute Gasteiger partial charge is 0.463 e. The van der Waals surface area contributed by atoms with Gasteiger partial charge in [-0.1, -0.05) is 22.5 Å². The van der Waals surface area contributed by atoms with E-state index in [0.717, 1.165) is 13.8 Å². The number of halogens is 1. The van der Waals surface area contributed by atoms with Crippen molar-refractivity contribution in [2.24, 2.45) is 5.11 Å². The summed E-state index contributed by atoms with van der Waals surface area (Å²) in [6, 6.07) is 4.52. The van der Waals surface area contributed by atoms with Gasteiger partial charge in [-0.3, -0.25) is 14.4 Å². The maximum absolute atomic E-state index is 13.7. The molecule has 1 saturated heterocycles. The highest BCUT2D eigenvalue weighted by Crippen LogP contribution is 2.36. The van der Waals surface area contributed by atoms with E-state index in [-0.39, 0.29) is 12.3 Å². The molecule has 0 bridgehead atoms. The Morgan fingerprint density at radius 3 is 2.50 bits per heavy atom. The van der Waals surface area contributed by atoms with Crippen LogP contribution in [0.4, 0.5) is 4.39 Å². The lowest BCUT2D eigenvalue weighted by Gasteiger charge is -2.43. The molecule has 0 amide bonds. The normalized spacial score (nSPS) is 23.9. The monoisotopic (exact) mass is 476 g/mol. The highest BCUT2D eigenvalue weighted by Gasteiger charge is 2.51. The molecule has 2 aromatic rings. The second kappa shape index (κ2) is 10.7. The van der Waals surface area contributed by atoms with Crippen molar-refractivity contribution in [1.29, 1.82) is 0 Å². The Bertz CT molecular complexity index is 1120. The Labute approximate surface area is 192 Å². The van der Waals surface area contributed by atoms with Gasteiger partial charge in [0.15, 0.2) is 18.4 Å². The molecule has 14 heteroatoms. The van der Waals surface area contributed by atoms with Crippen molar-refractivity contribution in [2.75, 3.05) is 6.61 Å². The quantitative estimate of drug-likeness (QED) is 0.191. The molecule has 0 aliphatic carbocycles. The average Bonchev–Trinajstić information content (AvgIpc) is 3.23. The predicted molar refractivity (Wildman–Crippen MR) is 110 cm³/mol. The van der Waals surface area contributed by atoms with Gasteiger partial charge in [0, 0.05) is 31.2 Å². The second-order valence-corrected chi connectivity index (χ2v) is 7.31. The molecule has 2 heterocycles. The van der Waals surface area contributed by atoms with Crippen molar-refractivity contribution in [2.45, 2.75) is 51.4 Å². The van der Waals surface area contributed by atoms with E-state index < -0.39 is 54.3 Å². The maximum atomic E-state index is 13.7. The molecule has 0 spiro atoms. The lowest BCUT2D eigenvalue weighted by Crippen LogP contribution is -2.58. The number of azide groups is 1. The molecule has 180 valence electrons. The van der Waals surface area contributed by atoms with Crippen LogP contribution in [0.15, 0.2) is 35.6 Å². The third-order valence-corrected chi connectivity index (χ3v) is 4.79. The Hall–Kier alpha value is -4.03. The van der Waals surface area contributed by atoms with E-state index in [9.17, 15) is 18.8 Å². The fraction of sp³-hybridized carbons (Fsp3) is 0.450. The number of nitrogens with zero attached hydrogens (tertiary/aromatic N) is 6. The van der Waals surface area contributed by atoms with E-state index in [4.69, 9.17) is 24.5 Å². The Morgan fingerprint density at radius 1 is 1.18 bits per heavy atom. The second-order valence-electron chi connectivity index (χ2n) is 7.31. The molecule has 1 fully saturated rings. The summed E-state index contributed by atoms with van der Waals surface area (Å²) in [6.45, 7) is 3.10. The number of hydrogen-bond donors (Lipinski definition) is 0. The first-order valence-corrected chi connectivity index (χ1v) is 10.0. The van der Waals surface area contributed by atoms with Gasteiger partial charge in [-0.15, -0.1) is 5.10 Å². The van der Waals surface area contributed by atoms with Crippen LogP contribution in [0.1, 0.15) is 26.8 Å². The van der Waals surface area contributed by atoms with Crippen LogP contribution < -0.4 is 0 Å². The number of carbonyl (C=O) groups excluding carboxylic acids is 3. The summed E-state index contributed by atoms with van der Waals surface area (Å²) in [5.74, 6) is -2.56. The molecule has 5 atom stereocenters. The minimum absolute atomic E-state index is 0.269. The zero-order valence-corrected chi connectivity index (χ0v) is 18.4. The lowest BCUT2D eigenvalue weighted by atomic mass is 9.95. The number of benzene rings is 1. The first-order chi connectivity index (χ1) is 16.2. The van der Waals surface area contributed by atoms with Gasteiger partial charge in [-0.2, -0.15) is 0 Å². The highest BCUT2D eigenvalue weighted by molar-refractivity contribution is 5.67. The van der Waals surface area contributed by atoms with E-state index >= 15 is 0 Å². The molecule has 0 unspecified atom stereocenters. The van der Waals surface area contributed by atoms with Crippen LogP contribution in [0.2, 0.25) is 0 Å². The molecule has 1 aliphatic rings. The fourth-order valence-corrected chi connectivity index (χ4v) is 3.55. The van der Waals surface area contributed by atoms with Crippen LogP contribution in [-0.2, 0) is 33.3 Å². The number of esters is 3. The molecule has 3 rings (SSSR count). The number of ether oxygens (including phenoxy) is 4. The highest BCUT2D eigenvalue weighted by atomic mass is 19.1. The van der Waals surface area contributed by atoms with Crippen LogP contribution >= 0.6 is 0 Å². The van der Waals surface area contributed by atoms with Crippen molar-refractivity contribution in [3.05, 3.63) is 46.7 Å². The van der Waals surface area contributed by atoms with E-state index in [1.807, 2.05) is 0 Å². The van der Waals surface area contributed by atoms with Crippen molar-refractivity contribution in [1.82, 2.24) is 15.0 Å². The van der Waals surface area contributed by atoms with E-state index in [2.05, 4.69) is 20.3 Å². The lowest BCUT2D eigenvalue weighted by molar-refractivity contribution is -0.227. The van der Waals surface area contributed by atoms with Crippen molar-refractivity contribution in [3.8, 4) is 11.3 Å². The van der Waals surface area contributed by atoms with Crippen LogP contribution in [0.25, 0.3) is 21.7 Å². The summed E-state index contributed by atoms with van der Waals surface area (Å²) in [6.07, 6.45) is -3.56. The van der Waals surface area contributed by atoms with E-state index in [1.54, 1.807) is 6.07 Å². The van der Waals surface area contributed by atoms with Crippen LogP contribution in [0.3, 0.4) is 0 Å². The SMILES string of the molecule is CC(=O)OC[C@H]1O[C@@H](N=[N+]=[N-])[C@H](OC(C)=O)[C@@H](n2cc(-c3cccc(F)c3)nn2)[C@H]1OC(C)=O. The van der Waals surface area contributed by atoms with Crippen molar-refractivity contribution >= 4 is 17.9 Å². The number of hydrogen-bond acceptors (Lipinski definition) is 10. The summed E-state index contributed by atoms with van der Waals surface area (Å²) >= 11 is 0. The zero-order chi connectivity index (χ0) is 24.8. The topological polar surface area (TPSA) is 168 Å². The van der Waals surface area contributed by atoms with Gasteiger partial charge < -0.3 is 18.9 Å². The Morgan fingerprint density at radius 2 is 1.88 bits per heavy atom. The zero-order valence-electron chi connectivity index (χ0n) is 18.4. The van der Waals surface area contributed by atoms with Crippen LogP contribution in [0.5, 0.6) is 0 Å². The van der Waals surface area contributed by atoms with E-state index in [0.29, 0.717) is 5.56 Å². The van der Waals surface area contributed by atoms with Gasteiger partial charge in [-0.05, 0) is 17.7 Å². The minimum atomic E-state index is -1.38. The molecule has 0 N–H and O–H groups in total. The Kier molecular flexibility index (Phi) is 7.76. The van der Waals surface area contributed by atoms with Crippen molar-refractivity contribution in [3.63, 3.8) is 0 Å². The number of aromatic nitrogens is 3. The first kappa shape index (κ1) is 24.6. The smallest absolute Gasteiger partial charge is 0.303 e. The number of rotatable bonds is 7. The summed E-state index contributed by atoms with van der Waals surface area (Å²) in [4.78, 5) is 37.9. The van der Waals surface area contributed by atoms with Gasteiger partial charge >= 0.3 is 17.9 Å². The summed E-state index contributed by atoms with van der Waals surface area (Å²) in [7, 11) is 0. The molecule has 1 aromatic heterocycles. The molecular formula is C20H21FN6O7. The van der Waals surface area contributed by atoms with Gasteiger partial charge in [-0.25, -0.2) is 9.07 Å². The van der Waals surface area contributed by atoms with Gasteiger partial charge in [0.05, 0.1) is 6.20 Å². The predicted octanol–water partition coefficient (Wildman–Crippen LogP) is 2.09. The molecule has 0 radical (unpaired) electrons. The molecule has 13 nitrogen and oxygen atoms in total. The maximum Gasteiger partial charge on any atom is 0.303 e. The van der Waals surface area contributed by atoms with Crippen LogP contribution in [-0.4, -0.2) is 64.0 Å². The van der Waals surface area contributed by atoms with Gasteiger partial charge in [0.25, 0.3) is 0 Å².